The van der Waals surface area contributed by atoms with E-state index in [0.29, 0.717) is 15.4 Å². The highest BCUT2D eigenvalue weighted by Crippen LogP contribution is 2.29. The minimum absolute atomic E-state index is 0.0455. The molecule has 2 aromatic rings. The standard InChI is InChI=1S/C8H5BrN4O2/c9-6-2-4(13(14)15)1-5-7(6)11-3-12-8(5)10/h1-3H,(H2,10,11,12). The first-order chi connectivity index (χ1) is 7.09. The first kappa shape index (κ1) is 9.78. The van der Waals surface area contributed by atoms with E-state index in [4.69, 9.17) is 5.73 Å². The molecule has 7 heteroatoms. The molecule has 1 heterocycles. The third-order valence-corrected chi connectivity index (χ3v) is 2.52. The molecule has 1 aromatic carbocycles. The summed E-state index contributed by atoms with van der Waals surface area (Å²) >= 11 is 3.20. The third kappa shape index (κ3) is 1.61. The van der Waals surface area contributed by atoms with E-state index in [2.05, 4.69) is 25.9 Å². The monoisotopic (exact) mass is 268 g/mol. The van der Waals surface area contributed by atoms with Crippen molar-refractivity contribution in [3.05, 3.63) is 33.0 Å². The lowest BCUT2D eigenvalue weighted by molar-refractivity contribution is -0.384. The first-order valence-electron chi connectivity index (χ1n) is 3.93. The quantitative estimate of drug-likeness (QED) is 0.629. The summed E-state index contributed by atoms with van der Waals surface area (Å²) in [5, 5.41) is 11.1. The van der Waals surface area contributed by atoms with Crippen LogP contribution in [0.4, 0.5) is 11.5 Å². The van der Waals surface area contributed by atoms with E-state index in [1.165, 1.54) is 18.5 Å². The van der Waals surface area contributed by atoms with Gasteiger partial charge < -0.3 is 5.73 Å². The van der Waals surface area contributed by atoms with Crippen molar-refractivity contribution in [1.29, 1.82) is 0 Å². The second-order valence-electron chi connectivity index (χ2n) is 2.84. The molecule has 0 spiro atoms. The predicted molar refractivity (Wildman–Crippen MR) is 58.3 cm³/mol. The summed E-state index contributed by atoms with van der Waals surface area (Å²) in [4.78, 5) is 17.9. The highest BCUT2D eigenvalue weighted by molar-refractivity contribution is 9.10. The van der Waals surface area contributed by atoms with Crippen LogP contribution in [0.2, 0.25) is 0 Å². The zero-order valence-corrected chi connectivity index (χ0v) is 8.93. The van der Waals surface area contributed by atoms with Crippen LogP contribution in [0.15, 0.2) is 22.9 Å². The summed E-state index contributed by atoms with van der Waals surface area (Å²) < 4.78 is 0.529. The molecule has 6 nitrogen and oxygen atoms in total. The van der Waals surface area contributed by atoms with Gasteiger partial charge in [0, 0.05) is 12.1 Å². The second kappa shape index (κ2) is 3.43. The molecule has 0 saturated carbocycles. The molecule has 2 rings (SSSR count). The minimum Gasteiger partial charge on any atom is -0.383 e. The van der Waals surface area contributed by atoms with Gasteiger partial charge in [0.25, 0.3) is 5.69 Å². The van der Waals surface area contributed by atoms with Gasteiger partial charge in [-0.05, 0) is 15.9 Å². The second-order valence-corrected chi connectivity index (χ2v) is 3.69. The van der Waals surface area contributed by atoms with E-state index >= 15 is 0 Å². The maximum Gasteiger partial charge on any atom is 0.271 e. The Morgan fingerprint density at radius 2 is 2.13 bits per heavy atom. The third-order valence-electron chi connectivity index (χ3n) is 1.92. The van der Waals surface area contributed by atoms with Crippen LogP contribution >= 0.6 is 15.9 Å². The number of benzene rings is 1. The SMILES string of the molecule is Nc1ncnc2c(Br)cc([N+](=O)[O-])cc12. The fourth-order valence-corrected chi connectivity index (χ4v) is 1.79. The lowest BCUT2D eigenvalue weighted by atomic mass is 10.2. The average molecular weight is 269 g/mol. The Bertz CT molecular complexity index is 558. The lowest BCUT2D eigenvalue weighted by Crippen LogP contribution is -1.95. The van der Waals surface area contributed by atoms with Crippen molar-refractivity contribution in [2.75, 3.05) is 5.73 Å². The summed E-state index contributed by atoms with van der Waals surface area (Å²) in [6.07, 6.45) is 1.31. The maximum atomic E-state index is 10.6. The Balaban J connectivity index is 2.85. The molecule has 0 bridgehead atoms. The number of rotatable bonds is 1. The van der Waals surface area contributed by atoms with Crippen molar-refractivity contribution in [3.63, 3.8) is 0 Å². The van der Waals surface area contributed by atoms with Gasteiger partial charge >= 0.3 is 0 Å². The maximum absolute atomic E-state index is 10.6. The number of fused-ring (bicyclic) bond motifs is 1. The predicted octanol–water partition coefficient (Wildman–Crippen LogP) is 1.88. The number of hydrogen-bond acceptors (Lipinski definition) is 5. The van der Waals surface area contributed by atoms with Gasteiger partial charge in [-0.2, -0.15) is 0 Å². The van der Waals surface area contributed by atoms with Crippen LogP contribution in [0.3, 0.4) is 0 Å². The van der Waals surface area contributed by atoms with Crippen molar-refractivity contribution in [1.82, 2.24) is 9.97 Å². The van der Waals surface area contributed by atoms with Crippen LogP contribution in [0.1, 0.15) is 0 Å². The summed E-state index contributed by atoms with van der Waals surface area (Å²) in [6.45, 7) is 0. The Labute approximate surface area is 92.4 Å². The van der Waals surface area contributed by atoms with Gasteiger partial charge in [0.2, 0.25) is 0 Å². The normalized spacial score (nSPS) is 10.5. The number of anilines is 1. The van der Waals surface area contributed by atoms with Crippen LogP contribution in [0, 0.1) is 10.1 Å². The zero-order chi connectivity index (χ0) is 11.0. The van der Waals surface area contributed by atoms with E-state index in [9.17, 15) is 10.1 Å². The van der Waals surface area contributed by atoms with Gasteiger partial charge in [-0.1, -0.05) is 0 Å². The molecule has 0 aliphatic rings. The number of non-ortho nitro benzene ring substituents is 1. The molecule has 15 heavy (non-hydrogen) atoms. The molecule has 0 fully saturated rings. The summed E-state index contributed by atoms with van der Waals surface area (Å²) in [5.41, 5.74) is 6.12. The Morgan fingerprint density at radius 3 is 2.80 bits per heavy atom. The van der Waals surface area contributed by atoms with Crippen LogP contribution in [-0.2, 0) is 0 Å². The van der Waals surface area contributed by atoms with Crippen molar-refractivity contribution >= 4 is 38.3 Å². The summed E-state index contributed by atoms with van der Waals surface area (Å²) in [6, 6.07) is 2.74. The fourth-order valence-electron chi connectivity index (χ4n) is 1.23. The summed E-state index contributed by atoms with van der Waals surface area (Å²) in [5.74, 6) is 0.226. The molecule has 1 aromatic heterocycles. The summed E-state index contributed by atoms with van der Waals surface area (Å²) in [7, 11) is 0. The number of nitrogens with two attached hydrogens (primary N) is 1. The molecule has 0 radical (unpaired) electrons. The van der Waals surface area contributed by atoms with Crippen LogP contribution in [-0.4, -0.2) is 14.9 Å². The van der Waals surface area contributed by atoms with Gasteiger partial charge in [0.15, 0.2) is 0 Å². The van der Waals surface area contributed by atoms with Gasteiger partial charge in [0.05, 0.1) is 20.3 Å². The van der Waals surface area contributed by atoms with E-state index < -0.39 is 4.92 Å². The molecule has 2 N–H and O–H groups in total. The van der Waals surface area contributed by atoms with Gasteiger partial charge in [-0.15, -0.1) is 0 Å². The molecule has 76 valence electrons. The van der Waals surface area contributed by atoms with E-state index in [0.717, 1.165) is 0 Å². The highest BCUT2D eigenvalue weighted by atomic mass is 79.9. The first-order valence-corrected chi connectivity index (χ1v) is 4.73. The number of hydrogen-bond donors (Lipinski definition) is 1. The Hall–Kier alpha value is -1.76. The lowest BCUT2D eigenvalue weighted by Gasteiger charge is -2.01. The van der Waals surface area contributed by atoms with E-state index in [-0.39, 0.29) is 11.5 Å². The van der Waals surface area contributed by atoms with Crippen LogP contribution in [0.25, 0.3) is 10.9 Å². The van der Waals surface area contributed by atoms with Crippen molar-refractivity contribution in [3.8, 4) is 0 Å². The minimum atomic E-state index is -0.489. The molecule has 0 aliphatic heterocycles. The molecule has 0 aliphatic carbocycles. The van der Waals surface area contributed by atoms with Crippen molar-refractivity contribution in [2.24, 2.45) is 0 Å². The number of nitro benzene ring substituents is 1. The molecule has 0 atom stereocenters. The number of nitrogen functional groups attached to an aromatic ring is 1. The molecule has 0 unspecified atom stereocenters. The molecule has 0 saturated heterocycles. The largest absolute Gasteiger partial charge is 0.383 e. The van der Waals surface area contributed by atoms with E-state index in [1.54, 1.807) is 0 Å². The van der Waals surface area contributed by atoms with Crippen molar-refractivity contribution < 1.29 is 4.92 Å². The molecular weight excluding hydrogens is 264 g/mol. The number of nitrogens with zero attached hydrogens (tertiary/aromatic N) is 3. The Kier molecular flexibility index (Phi) is 2.24. The number of halogens is 1. The van der Waals surface area contributed by atoms with Gasteiger partial charge in [0.1, 0.15) is 12.1 Å². The zero-order valence-electron chi connectivity index (χ0n) is 7.35. The molecular formula is C8H5BrN4O2. The van der Waals surface area contributed by atoms with Crippen LogP contribution < -0.4 is 5.73 Å². The Morgan fingerprint density at radius 1 is 1.40 bits per heavy atom. The van der Waals surface area contributed by atoms with Gasteiger partial charge in [-0.3, -0.25) is 10.1 Å². The fraction of sp³-hybridized carbons (Fsp3) is 0. The van der Waals surface area contributed by atoms with Crippen LogP contribution in [0.5, 0.6) is 0 Å². The van der Waals surface area contributed by atoms with E-state index in [1.807, 2.05) is 0 Å². The van der Waals surface area contributed by atoms with Gasteiger partial charge in [-0.25, -0.2) is 9.97 Å². The highest BCUT2D eigenvalue weighted by Gasteiger charge is 2.12. The smallest absolute Gasteiger partial charge is 0.271 e. The number of nitro groups is 1. The van der Waals surface area contributed by atoms with Crippen molar-refractivity contribution in [2.45, 2.75) is 0 Å². The topological polar surface area (TPSA) is 94.9 Å². The average Bonchev–Trinajstić information content (AvgIpc) is 2.19. The number of aromatic nitrogens is 2. The molecule has 0 amide bonds.